The van der Waals surface area contributed by atoms with Crippen LogP contribution >= 0.6 is 11.6 Å². The van der Waals surface area contributed by atoms with Gasteiger partial charge in [-0.2, -0.15) is 70.2 Å². The Balaban J connectivity index is 2.34. The van der Waals surface area contributed by atoms with Crippen molar-refractivity contribution < 1.29 is 75.0 Å². The Labute approximate surface area is 219 Å². The molecular formula is C21H16ClF16NO. The highest BCUT2D eigenvalue weighted by atomic mass is 35.5. The molecule has 0 spiro atoms. The molecule has 0 N–H and O–H groups in total. The van der Waals surface area contributed by atoms with E-state index < -0.39 is 65.8 Å². The maximum Gasteiger partial charge on any atom is 0.393 e. The maximum absolute atomic E-state index is 14.3. The van der Waals surface area contributed by atoms with Crippen molar-refractivity contribution in [1.29, 1.82) is 0 Å². The van der Waals surface area contributed by atoms with Crippen LogP contribution in [0.1, 0.15) is 18.4 Å². The average molecular weight is 638 g/mol. The Morgan fingerprint density at radius 2 is 1.02 bits per heavy atom. The number of amides is 1. The lowest BCUT2D eigenvalue weighted by Gasteiger charge is -2.43. The number of likely N-dealkylation sites (tertiary alicyclic amines) is 1. The minimum atomic E-state index is -8.59. The highest BCUT2D eigenvalue weighted by molar-refractivity contribution is 6.22. The Morgan fingerprint density at radius 3 is 1.43 bits per heavy atom. The second-order valence-corrected chi connectivity index (χ2v) is 9.42. The van der Waals surface area contributed by atoms with Gasteiger partial charge in [-0.25, -0.2) is 0 Å². The molecule has 19 heteroatoms. The second kappa shape index (κ2) is 10.3. The van der Waals surface area contributed by atoms with Gasteiger partial charge in [-0.1, -0.05) is 30.3 Å². The lowest BCUT2D eigenvalue weighted by atomic mass is 9.87. The molecule has 1 saturated heterocycles. The zero-order valence-corrected chi connectivity index (χ0v) is 20.0. The van der Waals surface area contributed by atoms with Gasteiger partial charge in [-0.05, 0) is 42.3 Å². The van der Waals surface area contributed by atoms with E-state index in [1.165, 1.54) is 0 Å². The minimum Gasteiger partial charge on any atom is -0.337 e. The summed E-state index contributed by atoms with van der Waals surface area (Å²) in [7, 11) is 0. The number of rotatable bonds is 10. The summed E-state index contributed by atoms with van der Waals surface area (Å²) in [6, 6.07) is 8.22. The van der Waals surface area contributed by atoms with Gasteiger partial charge < -0.3 is 4.90 Å². The van der Waals surface area contributed by atoms with Gasteiger partial charge in [0.05, 0.1) is 0 Å². The van der Waals surface area contributed by atoms with Crippen LogP contribution in [0.2, 0.25) is 0 Å². The number of alkyl halides is 17. The smallest absolute Gasteiger partial charge is 0.337 e. The number of halogens is 17. The number of hydrogen-bond acceptors (Lipinski definition) is 1. The van der Waals surface area contributed by atoms with Crippen LogP contribution in [0.25, 0.3) is 0 Å². The lowest BCUT2D eigenvalue weighted by molar-refractivity contribution is -0.446. The van der Waals surface area contributed by atoms with Gasteiger partial charge in [0.2, 0.25) is 0 Å². The third-order valence-electron chi connectivity index (χ3n) is 6.26. The van der Waals surface area contributed by atoms with E-state index >= 15 is 0 Å². The molecule has 1 aromatic carbocycles. The molecule has 40 heavy (non-hydrogen) atoms. The van der Waals surface area contributed by atoms with Gasteiger partial charge in [-0.15, -0.1) is 0 Å². The molecule has 1 amide bonds. The van der Waals surface area contributed by atoms with Crippen LogP contribution in [-0.2, 0) is 11.2 Å². The van der Waals surface area contributed by atoms with E-state index in [9.17, 15) is 75.0 Å². The number of hydrogen-bond donors (Lipinski definition) is 0. The van der Waals surface area contributed by atoms with Crippen LogP contribution in [-0.4, -0.2) is 70.7 Å². The minimum absolute atomic E-state index is 0.196. The Kier molecular flexibility index (Phi) is 8.77. The number of benzene rings is 1. The summed E-state index contributed by atoms with van der Waals surface area (Å²) in [6.07, 6.45) is -0.128. The predicted octanol–water partition coefficient (Wildman–Crippen LogP) is 7.75. The SMILES string of the molecule is O=C(N1CCC(Cc2ccccc2)CC1)C(F)(F)C(F)(F)C(F)(F)C(F)(F)C(F)(F)C(F)(F)C(F)(F)C(F)(F)Cl. The summed E-state index contributed by atoms with van der Waals surface area (Å²) in [4.78, 5) is 11.8. The molecule has 0 atom stereocenters. The molecule has 1 aliphatic rings. The van der Waals surface area contributed by atoms with Crippen LogP contribution < -0.4 is 0 Å². The van der Waals surface area contributed by atoms with Crippen LogP contribution in [0.15, 0.2) is 30.3 Å². The molecule has 0 bridgehead atoms. The maximum atomic E-state index is 14.3. The van der Waals surface area contributed by atoms with E-state index in [1.807, 2.05) is 0 Å². The third kappa shape index (κ3) is 5.05. The first kappa shape index (κ1) is 34.1. The average Bonchev–Trinajstić information content (AvgIpc) is 2.83. The normalized spacial score (nSPS) is 17.8. The quantitative estimate of drug-likeness (QED) is 0.190. The summed E-state index contributed by atoms with van der Waals surface area (Å²) >= 11 is 3.48. The second-order valence-electron chi connectivity index (χ2n) is 8.94. The Morgan fingerprint density at radius 1 is 0.650 bits per heavy atom. The molecular weight excluding hydrogens is 622 g/mol. The molecule has 0 aromatic heterocycles. The van der Waals surface area contributed by atoms with E-state index in [1.54, 1.807) is 30.3 Å². The van der Waals surface area contributed by atoms with Gasteiger partial charge in [0.15, 0.2) is 0 Å². The molecule has 1 heterocycles. The first-order valence-corrected chi connectivity index (χ1v) is 11.1. The van der Waals surface area contributed by atoms with Crippen molar-refractivity contribution in [2.45, 2.75) is 66.1 Å². The highest BCUT2D eigenvalue weighted by Crippen LogP contribution is 2.64. The van der Waals surface area contributed by atoms with Crippen molar-refractivity contribution in [1.82, 2.24) is 4.90 Å². The van der Waals surface area contributed by atoms with Gasteiger partial charge in [0.25, 0.3) is 5.91 Å². The number of carbonyl (C=O) groups is 1. The van der Waals surface area contributed by atoms with Crippen molar-refractivity contribution in [3.63, 3.8) is 0 Å². The first-order valence-electron chi connectivity index (χ1n) is 10.8. The van der Waals surface area contributed by atoms with Crippen LogP contribution in [0.5, 0.6) is 0 Å². The first-order chi connectivity index (χ1) is 17.7. The van der Waals surface area contributed by atoms with E-state index in [0.717, 1.165) is 5.56 Å². The molecule has 1 fully saturated rings. The molecule has 0 unspecified atom stereocenters. The number of piperidine rings is 1. The summed E-state index contributed by atoms with van der Waals surface area (Å²) in [5.74, 6) is -60.3. The van der Waals surface area contributed by atoms with Gasteiger partial charge in [0.1, 0.15) is 0 Å². The molecule has 1 aromatic rings. The van der Waals surface area contributed by atoms with Crippen molar-refractivity contribution in [3.05, 3.63) is 35.9 Å². The lowest BCUT2D eigenvalue weighted by Crippen LogP contribution is -2.75. The van der Waals surface area contributed by atoms with Crippen molar-refractivity contribution in [2.75, 3.05) is 13.1 Å². The fraction of sp³-hybridized carbons (Fsp3) is 0.667. The van der Waals surface area contributed by atoms with E-state index in [4.69, 9.17) is 0 Å². The van der Waals surface area contributed by atoms with Crippen molar-refractivity contribution >= 4 is 17.5 Å². The molecule has 230 valence electrons. The number of nitrogens with zero attached hydrogens (tertiary/aromatic N) is 1. The fourth-order valence-corrected chi connectivity index (χ4v) is 3.90. The van der Waals surface area contributed by atoms with E-state index in [-0.39, 0.29) is 30.1 Å². The highest BCUT2D eigenvalue weighted by Gasteiger charge is 2.95. The summed E-state index contributed by atoms with van der Waals surface area (Å²) in [6.45, 7) is -1.68. The molecule has 2 nitrogen and oxygen atoms in total. The van der Waals surface area contributed by atoms with Crippen LogP contribution in [0, 0.1) is 5.92 Å². The number of carbonyl (C=O) groups excluding carboxylic acids is 1. The third-order valence-corrected chi connectivity index (χ3v) is 6.50. The predicted molar refractivity (Wildman–Crippen MR) is 105 cm³/mol. The fourth-order valence-electron chi connectivity index (χ4n) is 3.78. The van der Waals surface area contributed by atoms with E-state index in [2.05, 4.69) is 11.6 Å². The summed E-state index contributed by atoms with van der Waals surface area (Å²) in [5, 5.41) is -6.85. The molecule has 2 rings (SSSR count). The largest absolute Gasteiger partial charge is 0.393 e. The van der Waals surface area contributed by atoms with Gasteiger partial charge >= 0.3 is 46.8 Å². The Bertz CT molecular complexity index is 1050. The molecule has 1 aliphatic heterocycles. The van der Waals surface area contributed by atoms with Gasteiger partial charge in [-0.3, -0.25) is 4.79 Å². The molecule has 0 radical (unpaired) electrons. The summed E-state index contributed by atoms with van der Waals surface area (Å²) < 4.78 is 218. The standard InChI is InChI=1S/C21H16ClF16NO/c22-21(37,38)20(35,36)19(33,34)18(31,32)17(29,30)16(27,28)15(25,26)14(23,24)13(40)39-8-6-12(7-9-39)10-11-4-2-1-3-5-11/h1-5,12H,6-10H2. The Hall–Kier alpha value is -2.14. The van der Waals surface area contributed by atoms with Crippen molar-refractivity contribution in [3.8, 4) is 0 Å². The van der Waals surface area contributed by atoms with Crippen molar-refractivity contribution in [2.24, 2.45) is 5.92 Å². The molecule has 0 aliphatic carbocycles. The topological polar surface area (TPSA) is 20.3 Å². The zero-order valence-electron chi connectivity index (χ0n) is 19.3. The van der Waals surface area contributed by atoms with Crippen LogP contribution in [0.3, 0.4) is 0 Å². The zero-order chi connectivity index (χ0) is 31.4. The van der Waals surface area contributed by atoms with Gasteiger partial charge in [0, 0.05) is 13.1 Å². The van der Waals surface area contributed by atoms with Crippen LogP contribution in [0.4, 0.5) is 70.2 Å². The van der Waals surface area contributed by atoms with E-state index in [0.29, 0.717) is 0 Å². The molecule has 0 saturated carbocycles. The monoisotopic (exact) mass is 637 g/mol. The summed E-state index contributed by atoms with van der Waals surface area (Å²) in [5.41, 5.74) is 0.723.